The molecule has 1 aromatic carbocycles. The summed E-state index contributed by atoms with van der Waals surface area (Å²) in [6.45, 7) is 10.9. The van der Waals surface area contributed by atoms with Gasteiger partial charge >= 0.3 is 0 Å². The third kappa shape index (κ3) is 7.47. The maximum Gasteiger partial charge on any atom is 0.224 e. The molecule has 9 nitrogen and oxygen atoms in total. The molecule has 1 amide bonds. The van der Waals surface area contributed by atoms with Crippen molar-refractivity contribution in [1.82, 2.24) is 14.9 Å². The Balaban J connectivity index is 0. The first-order valence-electron chi connectivity index (χ1n) is 11.8. The zero-order chi connectivity index (χ0) is 26.3. The number of nitrogens with two attached hydrogens (primary N) is 2. The van der Waals surface area contributed by atoms with Crippen molar-refractivity contribution in [3.63, 3.8) is 0 Å². The maximum atomic E-state index is 11.6. The molecule has 1 aliphatic heterocycles. The number of benzene rings is 1. The Hall–Kier alpha value is -3.55. The highest BCUT2D eigenvalue weighted by Gasteiger charge is 2.28. The number of allylic oxidation sites excluding steroid dienone is 1. The summed E-state index contributed by atoms with van der Waals surface area (Å²) in [6.07, 6.45) is 7.75. The number of hydrogen-bond acceptors (Lipinski definition) is 8. The van der Waals surface area contributed by atoms with Gasteiger partial charge in [-0.2, -0.15) is 0 Å². The third-order valence-electron chi connectivity index (χ3n) is 5.71. The number of nitrogens with one attached hydrogen (secondary N) is 1. The molecule has 5 N–H and O–H groups in total. The van der Waals surface area contributed by atoms with Crippen molar-refractivity contribution in [3.05, 3.63) is 42.1 Å². The minimum Gasteiger partial charge on any atom is -0.402 e. The van der Waals surface area contributed by atoms with Gasteiger partial charge in [-0.15, -0.1) is 6.42 Å². The summed E-state index contributed by atoms with van der Waals surface area (Å²) in [4.78, 5) is 30.9. The van der Waals surface area contributed by atoms with Gasteiger partial charge in [-0.1, -0.05) is 12.8 Å². The number of amidine groups is 1. The molecular weight excluding hydrogens is 472 g/mol. The fraction of sp³-hybridized carbons (Fsp3) is 0.385. The lowest BCUT2D eigenvalue weighted by Crippen LogP contribution is -2.54. The SMILES string of the molecule is C#CC(C)(C)N1CCN(c2cc(N=C(N)C=C(C)N)nc(Sc3ccc(NC(=O)CC)cc3)n2)CC1.[HH].[HH].[HH].[HH]. The first-order chi connectivity index (χ1) is 17.1. The summed E-state index contributed by atoms with van der Waals surface area (Å²) in [7, 11) is 0. The highest BCUT2D eigenvalue weighted by Crippen LogP contribution is 2.30. The predicted octanol–water partition coefficient (Wildman–Crippen LogP) is 4.35. The molecule has 36 heavy (non-hydrogen) atoms. The van der Waals surface area contributed by atoms with E-state index in [4.69, 9.17) is 22.9 Å². The Morgan fingerprint density at radius 3 is 2.50 bits per heavy atom. The molecule has 1 aliphatic rings. The summed E-state index contributed by atoms with van der Waals surface area (Å²) in [6, 6.07) is 9.40. The van der Waals surface area contributed by atoms with Gasteiger partial charge in [0.2, 0.25) is 5.91 Å². The monoisotopic (exact) mass is 514 g/mol. The topological polar surface area (TPSA) is 126 Å². The lowest BCUT2D eigenvalue weighted by atomic mass is 10.0. The van der Waals surface area contributed by atoms with Crippen molar-refractivity contribution in [2.75, 3.05) is 36.4 Å². The second-order valence-electron chi connectivity index (χ2n) is 9.00. The molecule has 0 spiro atoms. The standard InChI is InChI=1S/C26H34N8OS.4H2/c1-6-24(35)29-19-8-10-20(11-9-19)36-25-31-22(30-21(28)16-18(3)27)17-23(32-25)33-12-14-34(15-13-33)26(4,5)7-2;;;;/h2,8-11,16-17H,6,12-15,27H2,1,3-5H3,(H,29,35)(H2,28,30,31,32);4*1H. The normalized spacial score (nSPS) is 15.5. The van der Waals surface area contributed by atoms with Crippen LogP contribution in [0.1, 0.15) is 39.8 Å². The molecule has 0 radical (unpaired) electrons. The smallest absolute Gasteiger partial charge is 0.224 e. The molecule has 0 aliphatic carbocycles. The first kappa shape index (κ1) is 27.0. The van der Waals surface area contributed by atoms with E-state index in [1.807, 2.05) is 37.3 Å². The number of carbonyl (C=O) groups is 1. The van der Waals surface area contributed by atoms with E-state index >= 15 is 0 Å². The minimum atomic E-state index is -0.294. The van der Waals surface area contributed by atoms with Crippen molar-refractivity contribution in [2.45, 2.75) is 49.7 Å². The van der Waals surface area contributed by atoms with E-state index in [0.717, 1.165) is 42.6 Å². The number of aromatic nitrogens is 2. The van der Waals surface area contributed by atoms with E-state index in [2.05, 4.69) is 44.9 Å². The van der Waals surface area contributed by atoms with Gasteiger partial charge in [-0.05, 0) is 62.9 Å². The second-order valence-corrected chi connectivity index (χ2v) is 10.0. The van der Waals surface area contributed by atoms with E-state index in [-0.39, 0.29) is 23.0 Å². The van der Waals surface area contributed by atoms with Gasteiger partial charge in [0, 0.05) is 60.7 Å². The van der Waals surface area contributed by atoms with Crippen molar-refractivity contribution >= 4 is 40.8 Å². The Morgan fingerprint density at radius 1 is 1.25 bits per heavy atom. The van der Waals surface area contributed by atoms with E-state index < -0.39 is 0 Å². The summed E-state index contributed by atoms with van der Waals surface area (Å²) in [5, 5.41) is 3.40. The van der Waals surface area contributed by atoms with E-state index in [1.54, 1.807) is 13.0 Å². The number of anilines is 2. The summed E-state index contributed by atoms with van der Waals surface area (Å²) in [5.74, 6) is 4.35. The number of hydrogen-bond donors (Lipinski definition) is 3. The van der Waals surface area contributed by atoms with Gasteiger partial charge < -0.3 is 21.7 Å². The van der Waals surface area contributed by atoms with Crippen molar-refractivity contribution in [1.29, 1.82) is 0 Å². The molecular formula is C26H42N8OS. The van der Waals surface area contributed by atoms with Crippen LogP contribution in [-0.4, -0.2) is 58.3 Å². The number of nitrogens with zero attached hydrogens (tertiary/aromatic N) is 5. The Bertz CT molecular complexity index is 1190. The van der Waals surface area contributed by atoms with E-state index in [9.17, 15) is 4.79 Å². The first-order valence-corrected chi connectivity index (χ1v) is 12.6. The molecule has 2 aromatic rings. The Kier molecular flexibility index (Phi) is 8.96. The zero-order valence-electron chi connectivity index (χ0n) is 21.3. The van der Waals surface area contributed by atoms with E-state index in [1.165, 1.54) is 11.8 Å². The van der Waals surface area contributed by atoms with Crippen LogP contribution >= 0.6 is 11.8 Å². The molecule has 198 valence electrons. The molecule has 0 bridgehead atoms. The third-order valence-corrected chi connectivity index (χ3v) is 6.59. The molecule has 3 rings (SSSR count). The van der Waals surface area contributed by atoms with Crippen LogP contribution in [0.15, 0.2) is 57.1 Å². The molecule has 0 atom stereocenters. The molecule has 1 saturated heterocycles. The van der Waals surface area contributed by atoms with Gasteiger partial charge in [-0.3, -0.25) is 9.69 Å². The second kappa shape index (κ2) is 11.9. The average Bonchev–Trinajstić information content (AvgIpc) is 2.84. The number of rotatable bonds is 8. The van der Waals surface area contributed by atoms with Gasteiger partial charge in [0.1, 0.15) is 11.7 Å². The zero-order valence-corrected chi connectivity index (χ0v) is 22.1. The lowest BCUT2D eigenvalue weighted by molar-refractivity contribution is -0.115. The fourth-order valence-electron chi connectivity index (χ4n) is 3.61. The number of aliphatic imine (C=N–C) groups is 1. The molecule has 0 unspecified atom stereocenters. The Labute approximate surface area is 223 Å². The van der Waals surface area contributed by atoms with Crippen LogP contribution in [0.2, 0.25) is 0 Å². The van der Waals surface area contributed by atoms with Crippen LogP contribution in [0, 0.1) is 12.3 Å². The van der Waals surface area contributed by atoms with Crippen molar-refractivity contribution in [3.8, 4) is 12.3 Å². The van der Waals surface area contributed by atoms with Crippen LogP contribution in [0.25, 0.3) is 0 Å². The van der Waals surface area contributed by atoms with Crippen LogP contribution < -0.4 is 21.7 Å². The molecule has 2 heterocycles. The average molecular weight is 515 g/mol. The molecule has 1 aromatic heterocycles. The fourth-order valence-corrected chi connectivity index (χ4v) is 4.37. The molecule has 0 saturated carbocycles. The summed E-state index contributed by atoms with van der Waals surface area (Å²) < 4.78 is 0. The number of terminal acetylenes is 1. The minimum absolute atomic E-state index is 0. The van der Waals surface area contributed by atoms with Crippen LogP contribution in [0.3, 0.4) is 0 Å². The van der Waals surface area contributed by atoms with Gasteiger partial charge in [0.25, 0.3) is 0 Å². The maximum absolute atomic E-state index is 11.6. The highest BCUT2D eigenvalue weighted by atomic mass is 32.2. The van der Waals surface area contributed by atoms with Crippen LogP contribution in [0.5, 0.6) is 0 Å². The van der Waals surface area contributed by atoms with E-state index in [0.29, 0.717) is 23.1 Å². The number of carbonyl (C=O) groups excluding carboxylic acids is 1. The Morgan fingerprint density at radius 2 is 1.92 bits per heavy atom. The van der Waals surface area contributed by atoms with Crippen molar-refractivity contribution < 1.29 is 10.5 Å². The van der Waals surface area contributed by atoms with Gasteiger partial charge in [0.05, 0.1) is 5.54 Å². The summed E-state index contributed by atoms with van der Waals surface area (Å²) in [5.41, 5.74) is 12.8. The predicted molar refractivity (Wildman–Crippen MR) is 156 cm³/mol. The lowest BCUT2D eigenvalue weighted by Gasteiger charge is -2.41. The largest absolute Gasteiger partial charge is 0.402 e. The van der Waals surface area contributed by atoms with Gasteiger partial charge in [0.15, 0.2) is 11.0 Å². The molecule has 10 heteroatoms. The number of piperazine rings is 1. The van der Waals surface area contributed by atoms with Gasteiger partial charge in [-0.25, -0.2) is 15.0 Å². The summed E-state index contributed by atoms with van der Waals surface area (Å²) >= 11 is 1.41. The quantitative estimate of drug-likeness (QED) is 0.205. The molecule has 1 fully saturated rings. The highest BCUT2D eigenvalue weighted by molar-refractivity contribution is 7.99. The number of amides is 1. The van der Waals surface area contributed by atoms with Crippen LogP contribution in [0.4, 0.5) is 17.3 Å². The van der Waals surface area contributed by atoms with Crippen LogP contribution in [-0.2, 0) is 4.79 Å². The van der Waals surface area contributed by atoms with Crippen molar-refractivity contribution in [2.24, 2.45) is 16.5 Å².